The topological polar surface area (TPSA) is 28.7 Å². The SMILES string of the molecule is Fc1ccc(-c2nc3c(F)cccc3[nH]2)c(F)c1F. The lowest BCUT2D eigenvalue weighted by Crippen LogP contribution is -1.94. The highest BCUT2D eigenvalue weighted by Crippen LogP contribution is 2.26. The average Bonchev–Trinajstić information content (AvgIpc) is 2.81. The first-order valence-electron chi connectivity index (χ1n) is 5.36. The molecule has 0 radical (unpaired) electrons. The van der Waals surface area contributed by atoms with Gasteiger partial charge in [0.1, 0.15) is 11.3 Å². The second kappa shape index (κ2) is 4.08. The molecule has 2 aromatic carbocycles. The van der Waals surface area contributed by atoms with Crippen LogP contribution in [0.4, 0.5) is 17.6 Å². The number of rotatable bonds is 1. The molecule has 3 rings (SSSR count). The van der Waals surface area contributed by atoms with Crippen LogP contribution in [0, 0.1) is 23.3 Å². The smallest absolute Gasteiger partial charge is 0.195 e. The van der Waals surface area contributed by atoms with Gasteiger partial charge in [-0.05, 0) is 24.3 Å². The molecule has 0 saturated carbocycles. The summed E-state index contributed by atoms with van der Waals surface area (Å²) in [5.74, 6) is -4.87. The number of H-pyrrole nitrogens is 1. The Morgan fingerprint density at radius 3 is 2.37 bits per heavy atom. The number of hydrogen-bond donors (Lipinski definition) is 1. The van der Waals surface area contributed by atoms with Crippen LogP contribution in [0.3, 0.4) is 0 Å². The summed E-state index contributed by atoms with van der Waals surface area (Å²) in [7, 11) is 0. The number of halogens is 4. The second-order valence-electron chi connectivity index (χ2n) is 3.94. The van der Waals surface area contributed by atoms with E-state index in [0.29, 0.717) is 5.52 Å². The summed E-state index contributed by atoms with van der Waals surface area (Å²) >= 11 is 0. The lowest BCUT2D eigenvalue weighted by molar-refractivity contribution is 0.448. The Morgan fingerprint density at radius 2 is 1.63 bits per heavy atom. The third-order valence-electron chi connectivity index (χ3n) is 2.75. The van der Waals surface area contributed by atoms with E-state index in [1.165, 1.54) is 12.1 Å². The van der Waals surface area contributed by atoms with Gasteiger partial charge in [0.05, 0.1) is 11.1 Å². The van der Waals surface area contributed by atoms with Crippen molar-refractivity contribution in [3.05, 3.63) is 53.6 Å². The molecule has 0 fully saturated rings. The number of imidazole rings is 1. The van der Waals surface area contributed by atoms with Crippen LogP contribution in [-0.4, -0.2) is 9.97 Å². The largest absolute Gasteiger partial charge is 0.338 e. The number of nitrogens with one attached hydrogen (secondary N) is 1. The molecule has 1 heterocycles. The molecule has 19 heavy (non-hydrogen) atoms. The standard InChI is InChI=1S/C13H6F4N2/c14-7-5-4-6(10(16)11(7)17)13-18-9-3-1-2-8(15)12(9)19-13/h1-5H,(H,18,19). The lowest BCUT2D eigenvalue weighted by Gasteiger charge is -2.00. The van der Waals surface area contributed by atoms with E-state index in [2.05, 4.69) is 9.97 Å². The van der Waals surface area contributed by atoms with Crippen molar-refractivity contribution in [3.8, 4) is 11.4 Å². The van der Waals surface area contributed by atoms with Gasteiger partial charge < -0.3 is 4.98 Å². The molecular weight excluding hydrogens is 260 g/mol. The Bertz CT molecular complexity index is 780. The Kier molecular flexibility index (Phi) is 2.51. The molecule has 0 aliphatic rings. The number of fused-ring (bicyclic) bond motifs is 1. The fraction of sp³-hybridized carbons (Fsp3) is 0. The first-order valence-corrected chi connectivity index (χ1v) is 5.36. The third kappa shape index (κ3) is 1.76. The summed E-state index contributed by atoms with van der Waals surface area (Å²) in [6, 6.07) is 6.04. The maximum absolute atomic E-state index is 13.6. The zero-order valence-electron chi connectivity index (χ0n) is 9.35. The van der Waals surface area contributed by atoms with Gasteiger partial charge in [-0.15, -0.1) is 0 Å². The minimum atomic E-state index is -1.58. The van der Waals surface area contributed by atoms with E-state index in [4.69, 9.17) is 0 Å². The van der Waals surface area contributed by atoms with Gasteiger partial charge >= 0.3 is 0 Å². The molecular formula is C13H6F4N2. The molecule has 0 spiro atoms. The number of benzene rings is 2. The monoisotopic (exact) mass is 266 g/mol. The zero-order valence-corrected chi connectivity index (χ0v) is 9.35. The molecule has 0 aliphatic heterocycles. The number of nitrogens with zero attached hydrogens (tertiary/aromatic N) is 1. The van der Waals surface area contributed by atoms with Gasteiger partial charge in [-0.1, -0.05) is 6.07 Å². The van der Waals surface area contributed by atoms with Crippen LogP contribution < -0.4 is 0 Å². The molecule has 2 nitrogen and oxygen atoms in total. The van der Waals surface area contributed by atoms with E-state index in [1.54, 1.807) is 6.07 Å². The molecule has 0 aliphatic carbocycles. The highest BCUT2D eigenvalue weighted by molar-refractivity contribution is 5.79. The average molecular weight is 266 g/mol. The van der Waals surface area contributed by atoms with E-state index >= 15 is 0 Å². The van der Waals surface area contributed by atoms with Gasteiger partial charge in [0.15, 0.2) is 23.3 Å². The number of aromatic nitrogens is 2. The molecule has 6 heteroatoms. The van der Waals surface area contributed by atoms with E-state index < -0.39 is 23.3 Å². The van der Waals surface area contributed by atoms with Crippen molar-refractivity contribution in [2.75, 3.05) is 0 Å². The van der Waals surface area contributed by atoms with Crippen molar-refractivity contribution < 1.29 is 17.6 Å². The van der Waals surface area contributed by atoms with E-state index in [1.807, 2.05) is 0 Å². The summed E-state index contributed by atoms with van der Waals surface area (Å²) in [6.07, 6.45) is 0. The first kappa shape index (κ1) is 11.7. The lowest BCUT2D eigenvalue weighted by atomic mass is 10.2. The van der Waals surface area contributed by atoms with Gasteiger partial charge in [-0.3, -0.25) is 0 Å². The van der Waals surface area contributed by atoms with Gasteiger partial charge in [-0.25, -0.2) is 22.5 Å². The summed E-state index contributed by atoms with van der Waals surface area (Å²) in [6.45, 7) is 0. The maximum atomic E-state index is 13.6. The van der Waals surface area contributed by atoms with Gasteiger partial charge in [0.2, 0.25) is 0 Å². The molecule has 1 N–H and O–H groups in total. The Balaban J connectivity index is 2.25. The molecule has 96 valence electrons. The van der Waals surface area contributed by atoms with E-state index in [-0.39, 0.29) is 16.9 Å². The van der Waals surface area contributed by atoms with Crippen LogP contribution in [0.15, 0.2) is 30.3 Å². The molecule has 0 bridgehead atoms. The fourth-order valence-electron chi connectivity index (χ4n) is 1.83. The van der Waals surface area contributed by atoms with Gasteiger partial charge in [-0.2, -0.15) is 0 Å². The minimum absolute atomic E-state index is 0.0154. The van der Waals surface area contributed by atoms with Crippen molar-refractivity contribution in [1.82, 2.24) is 9.97 Å². The summed E-state index contributed by atoms with van der Waals surface area (Å²) in [5, 5.41) is 0. The maximum Gasteiger partial charge on any atom is 0.195 e. The second-order valence-corrected chi connectivity index (χ2v) is 3.94. The highest BCUT2D eigenvalue weighted by atomic mass is 19.2. The minimum Gasteiger partial charge on any atom is -0.338 e. The van der Waals surface area contributed by atoms with Crippen molar-refractivity contribution in [2.45, 2.75) is 0 Å². The van der Waals surface area contributed by atoms with Crippen molar-refractivity contribution in [2.24, 2.45) is 0 Å². The third-order valence-corrected chi connectivity index (χ3v) is 2.75. The normalized spacial score (nSPS) is 11.2. The van der Waals surface area contributed by atoms with Crippen LogP contribution in [0.2, 0.25) is 0 Å². The van der Waals surface area contributed by atoms with Crippen molar-refractivity contribution >= 4 is 11.0 Å². The zero-order chi connectivity index (χ0) is 13.6. The molecule has 0 saturated heterocycles. The molecule has 0 unspecified atom stereocenters. The number of para-hydroxylation sites is 1. The molecule has 0 amide bonds. The quantitative estimate of drug-likeness (QED) is 0.527. The molecule has 3 aromatic rings. The summed E-state index contributed by atoms with van der Waals surface area (Å²) < 4.78 is 53.0. The first-order chi connectivity index (χ1) is 9.08. The highest BCUT2D eigenvalue weighted by Gasteiger charge is 2.17. The van der Waals surface area contributed by atoms with Crippen molar-refractivity contribution in [3.63, 3.8) is 0 Å². The molecule has 0 atom stereocenters. The van der Waals surface area contributed by atoms with Gasteiger partial charge in [0, 0.05) is 0 Å². The van der Waals surface area contributed by atoms with E-state index in [9.17, 15) is 17.6 Å². The number of aromatic amines is 1. The van der Waals surface area contributed by atoms with E-state index in [0.717, 1.165) is 12.1 Å². The van der Waals surface area contributed by atoms with Crippen LogP contribution in [0.5, 0.6) is 0 Å². The summed E-state index contributed by atoms with van der Waals surface area (Å²) in [5.41, 5.74) is 0.107. The Morgan fingerprint density at radius 1 is 0.842 bits per heavy atom. The predicted molar refractivity (Wildman–Crippen MR) is 61.4 cm³/mol. The number of hydrogen-bond acceptors (Lipinski definition) is 1. The van der Waals surface area contributed by atoms with Crippen LogP contribution in [0.25, 0.3) is 22.4 Å². The van der Waals surface area contributed by atoms with Gasteiger partial charge in [0.25, 0.3) is 0 Å². The van der Waals surface area contributed by atoms with Crippen LogP contribution in [0.1, 0.15) is 0 Å². The predicted octanol–water partition coefficient (Wildman–Crippen LogP) is 3.79. The van der Waals surface area contributed by atoms with Crippen LogP contribution in [-0.2, 0) is 0 Å². The summed E-state index contributed by atoms with van der Waals surface area (Å²) in [4.78, 5) is 6.51. The molecule has 1 aromatic heterocycles. The fourth-order valence-corrected chi connectivity index (χ4v) is 1.83. The van der Waals surface area contributed by atoms with Crippen LogP contribution >= 0.6 is 0 Å². The Labute approximate surface area is 104 Å². The Hall–Kier alpha value is -2.37. The van der Waals surface area contributed by atoms with Crippen molar-refractivity contribution in [1.29, 1.82) is 0 Å².